The van der Waals surface area contributed by atoms with E-state index in [9.17, 15) is 4.39 Å². The summed E-state index contributed by atoms with van der Waals surface area (Å²) in [6.45, 7) is 5.98. The molecular weight excluding hydrogens is 269 g/mol. The normalized spacial score (nSPS) is 11.1. The first kappa shape index (κ1) is 15.2. The van der Waals surface area contributed by atoms with Crippen LogP contribution in [0.2, 0.25) is 0 Å². The van der Waals surface area contributed by atoms with Crippen molar-refractivity contribution in [2.75, 3.05) is 12.4 Å². The Balaban J connectivity index is 2.10. The van der Waals surface area contributed by atoms with Crippen molar-refractivity contribution < 1.29 is 13.9 Å². The molecule has 0 aliphatic carbocycles. The Morgan fingerprint density at radius 2 is 1.57 bits per heavy atom. The van der Waals surface area contributed by atoms with Crippen molar-refractivity contribution in [1.82, 2.24) is 0 Å². The Kier molecular flexibility index (Phi) is 4.36. The number of nitrogens with one attached hydrogen (secondary N) is 1. The molecule has 2 rings (SSSR count). The van der Waals surface area contributed by atoms with Crippen molar-refractivity contribution in [2.24, 2.45) is 0 Å². The molecule has 0 heterocycles. The fraction of sp³-hybridized carbons (Fsp3) is 0.294. The highest BCUT2D eigenvalue weighted by Crippen LogP contribution is 2.26. The second-order valence-electron chi connectivity index (χ2n) is 5.71. The molecule has 0 saturated carbocycles. The molecule has 0 fully saturated rings. The second-order valence-corrected chi connectivity index (χ2v) is 5.71. The number of methoxy groups -OCH3 is 1. The molecule has 0 unspecified atom stereocenters. The molecule has 1 N–H and O–H groups in total. The molecule has 0 amide bonds. The van der Waals surface area contributed by atoms with Crippen LogP contribution in [0.5, 0.6) is 11.5 Å². The summed E-state index contributed by atoms with van der Waals surface area (Å²) in [6, 6.07) is 12.1. The highest BCUT2D eigenvalue weighted by Gasteiger charge is 2.11. The van der Waals surface area contributed by atoms with Gasteiger partial charge in [-0.05, 0) is 57.2 Å². The number of rotatable bonds is 4. The van der Waals surface area contributed by atoms with E-state index in [0.717, 1.165) is 11.4 Å². The maximum absolute atomic E-state index is 13.9. The molecule has 0 aromatic heterocycles. The maximum Gasteiger partial charge on any atom is 0.150 e. The minimum atomic E-state index is -0.357. The van der Waals surface area contributed by atoms with Gasteiger partial charge < -0.3 is 14.8 Å². The zero-order chi connectivity index (χ0) is 15.5. The summed E-state index contributed by atoms with van der Waals surface area (Å²) < 4.78 is 24.6. The lowest BCUT2D eigenvalue weighted by Crippen LogP contribution is -2.22. The molecule has 21 heavy (non-hydrogen) atoms. The first-order chi connectivity index (χ1) is 9.87. The van der Waals surface area contributed by atoms with E-state index in [2.05, 4.69) is 5.32 Å². The summed E-state index contributed by atoms with van der Waals surface area (Å²) in [5, 5.41) is 3.03. The van der Waals surface area contributed by atoms with Gasteiger partial charge in [-0.25, -0.2) is 4.39 Å². The van der Waals surface area contributed by atoms with Gasteiger partial charge in [-0.2, -0.15) is 0 Å². The lowest BCUT2D eigenvalue weighted by molar-refractivity contribution is 0.131. The van der Waals surface area contributed by atoms with Gasteiger partial charge in [0.25, 0.3) is 0 Å². The number of benzene rings is 2. The summed E-state index contributed by atoms with van der Waals surface area (Å²) in [7, 11) is 1.51. The number of anilines is 2. The molecule has 112 valence electrons. The molecule has 0 radical (unpaired) electrons. The van der Waals surface area contributed by atoms with Crippen LogP contribution in [0.15, 0.2) is 42.5 Å². The van der Waals surface area contributed by atoms with Crippen molar-refractivity contribution in [2.45, 2.75) is 26.4 Å². The van der Waals surface area contributed by atoms with Crippen molar-refractivity contribution in [1.29, 1.82) is 0 Å². The van der Waals surface area contributed by atoms with E-state index in [-0.39, 0.29) is 11.4 Å². The molecule has 3 nitrogen and oxygen atoms in total. The summed E-state index contributed by atoms with van der Waals surface area (Å²) in [6.07, 6.45) is 0. The average Bonchev–Trinajstić information content (AvgIpc) is 2.41. The smallest absolute Gasteiger partial charge is 0.150 e. The van der Waals surface area contributed by atoms with Crippen LogP contribution in [0.25, 0.3) is 0 Å². The van der Waals surface area contributed by atoms with Crippen LogP contribution >= 0.6 is 0 Å². The van der Waals surface area contributed by atoms with Gasteiger partial charge in [0.05, 0.1) is 12.8 Å². The Labute approximate surface area is 124 Å². The van der Waals surface area contributed by atoms with E-state index < -0.39 is 0 Å². The Hall–Kier alpha value is -2.23. The van der Waals surface area contributed by atoms with Gasteiger partial charge in [0.1, 0.15) is 22.9 Å². The molecule has 2 aromatic rings. The van der Waals surface area contributed by atoms with E-state index in [4.69, 9.17) is 9.47 Å². The maximum atomic E-state index is 13.9. The third kappa shape index (κ3) is 4.38. The van der Waals surface area contributed by atoms with E-state index in [1.54, 1.807) is 12.1 Å². The highest BCUT2D eigenvalue weighted by molar-refractivity contribution is 5.61. The first-order valence-corrected chi connectivity index (χ1v) is 6.77. The Bertz CT molecular complexity index is 603. The number of hydrogen-bond acceptors (Lipinski definition) is 3. The Morgan fingerprint density at radius 3 is 2.10 bits per heavy atom. The van der Waals surface area contributed by atoms with E-state index in [1.807, 2.05) is 45.0 Å². The van der Waals surface area contributed by atoms with Gasteiger partial charge in [-0.1, -0.05) is 0 Å². The number of halogens is 1. The lowest BCUT2D eigenvalue weighted by Gasteiger charge is -2.21. The number of hydrogen-bond donors (Lipinski definition) is 1. The number of ether oxygens (including phenoxy) is 2. The molecule has 4 heteroatoms. The minimum Gasteiger partial charge on any atom is -0.497 e. The predicted molar refractivity (Wildman–Crippen MR) is 83.1 cm³/mol. The fourth-order valence-corrected chi connectivity index (χ4v) is 1.84. The van der Waals surface area contributed by atoms with Crippen LogP contribution in [0.4, 0.5) is 15.8 Å². The SMILES string of the molecule is COc1ccc(Nc2ccc(OC(C)(C)C)cc2)c(F)c1. The van der Waals surface area contributed by atoms with Crippen molar-refractivity contribution >= 4 is 11.4 Å². The van der Waals surface area contributed by atoms with Crippen LogP contribution in [-0.4, -0.2) is 12.7 Å². The standard InChI is InChI=1S/C17H20FNO2/c1-17(2,3)21-13-7-5-12(6-8-13)19-16-10-9-14(20-4)11-15(16)18/h5-11,19H,1-4H3. The molecule has 0 aliphatic rings. The summed E-state index contributed by atoms with van der Waals surface area (Å²) >= 11 is 0. The predicted octanol–water partition coefficient (Wildman–Crippen LogP) is 4.76. The average molecular weight is 289 g/mol. The van der Waals surface area contributed by atoms with Gasteiger partial charge >= 0.3 is 0 Å². The zero-order valence-electron chi connectivity index (χ0n) is 12.7. The quantitative estimate of drug-likeness (QED) is 0.880. The van der Waals surface area contributed by atoms with Crippen molar-refractivity contribution in [3.63, 3.8) is 0 Å². The molecular formula is C17H20FNO2. The third-order valence-electron chi connectivity index (χ3n) is 2.73. The molecule has 0 spiro atoms. The molecule has 0 atom stereocenters. The van der Waals surface area contributed by atoms with Gasteiger partial charge in [-0.3, -0.25) is 0 Å². The molecule has 0 saturated heterocycles. The van der Waals surface area contributed by atoms with E-state index >= 15 is 0 Å². The lowest BCUT2D eigenvalue weighted by atomic mass is 10.2. The highest BCUT2D eigenvalue weighted by atomic mass is 19.1. The first-order valence-electron chi connectivity index (χ1n) is 6.77. The largest absolute Gasteiger partial charge is 0.497 e. The molecule has 0 bridgehead atoms. The summed E-state index contributed by atoms with van der Waals surface area (Å²) in [5.41, 5.74) is 0.956. The summed E-state index contributed by atoms with van der Waals surface area (Å²) in [5.74, 6) is 0.916. The van der Waals surface area contributed by atoms with Crippen LogP contribution in [0, 0.1) is 5.82 Å². The van der Waals surface area contributed by atoms with E-state index in [1.165, 1.54) is 13.2 Å². The molecule has 0 aliphatic heterocycles. The topological polar surface area (TPSA) is 30.5 Å². The Morgan fingerprint density at radius 1 is 0.952 bits per heavy atom. The fourth-order valence-electron chi connectivity index (χ4n) is 1.84. The molecule has 2 aromatic carbocycles. The van der Waals surface area contributed by atoms with Crippen molar-refractivity contribution in [3.8, 4) is 11.5 Å². The third-order valence-corrected chi connectivity index (χ3v) is 2.73. The van der Waals surface area contributed by atoms with Gasteiger partial charge in [-0.15, -0.1) is 0 Å². The van der Waals surface area contributed by atoms with Crippen LogP contribution in [-0.2, 0) is 0 Å². The monoisotopic (exact) mass is 289 g/mol. The van der Waals surface area contributed by atoms with Gasteiger partial charge in [0.15, 0.2) is 0 Å². The van der Waals surface area contributed by atoms with E-state index in [0.29, 0.717) is 11.4 Å². The van der Waals surface area contributed by atoms with Gasteiger partial charge in [0.2, 0.25) is 0 Å². The van der Waals surface area contributed by atoms with Crippen LogP contribution < -0.4 is 14.8 Å². The second kappa shape index (κ2) is 6.04. The van der Waals surface area contributed by atoms with Crippen LogP contribution in [0.1, 0.15) is 20.8 Å². The van der Waals surface area contributed by atoms with Gasteiger partial charge in [0, 0.05) is 11.8 Å². The zero-order valence-corrected chi connectivity index (χ0v) is 12.7. The van der Waals surface area contributed by atoms with Crippen molar-refractivity contribution in [3.05, 3.63) is 48.3 Å². The van der Waals surface area contributed by atoms with Crippen LogP contribution in [0.3, 0.4) is 0 Å². The minimum absolute atomic E-state index is 0.239. The summed E-state index contributed by atoms with van der Waals surface area (Å²) in [4.78, 5) is 0.